The Labute approximate surface area is 152 Å². The highest BCUT2D eigenvalue weighted by Gasteiger charge is 2.26. The van der Waals surface area contributed by atoms with Crippen LogP contribution in [-0.4, -0.2) is 28.0 Å². The molecule has 1 amide bonds. The van der Waals surface area contributed by atoms with Crippen molar-refractivity contribution in [2.45, 2.75) is 52.7 Å². The van der Waals surface area contributed by atoms with Crippen molar-refractivity contribution in [3.63, 3.8) is 0 Å². The summed E-state index contributed by atoms with van der Waals surface area (Å²) in [6, 6.07) is 7.05. The van der Waals surface area contributed by atoms with Crippen LogP contribution in [0.5, 0.6) is 0 Å². The molecule has 7 heteroatoms. The summed E-state index contributed by atoms with van der Waals surface area (Å²) in [5.41, 5.74) is -0.491. The van der Waals surface area contributed by atoms with E-state index in [2.05, 4.69) is 5.32 Å². The molecule has 0 saturated heterocycles. The molecule has 0 saturated carbocycles. The van der Waals surface area contributed by atoms with Crippen LogP contribution in [0.1, 0.15) is 41.5 Å². The van der Waals surface area contributed by atoms with Crippen LogP contribution in [0.15, 0.2) is 24.3 Å². The van der Waals surface area contributed by atoms with Gasteiger partial charge in [0.2, 0.25) is 0 Å². The number of aromatic nitrogens is 1. The lowest BCUT2D eigenvalue weighted by atomic mass is 10.2. The van der Waals surface area contributed by atoms with E-state index < -0.39 is 23.4 Å². The minimum atomic E-state index is -0.676. The van der Waals surface area contributed by atoms with Gasteiger partial charge in [0, 0.05) is 5.39 Å². The first-order valence-electron chi connectivity index (χ1n) is 7.91. The summed E-state index contributed by atoms with van der Waals surface area (Å²) >= 11 is 6.38. The number of anilines is 1. The SMILES string of the molecule is CC(C)(C)OC(=O)Nc1c(Cl)n(C(=O)OC(C)(C)C)c2ccccc12. The van der Waals surface area contributed by atoms with Crippen molar-refractivity contribution < 1.29 is 19.1 Å². The highest BCUT2D eigenvalue weighted by atomic mass is 35.5. The Bertz CT molecular complexity index is 813. The van der Waals surface area contributed by atoms with Crippen molar-refractivity contribution in [2.75, 3.05) is 5.32 Å². The average Bonchev–Trinajstić information content (AvgIpc) is 2.68. The Hall–Kier alpha value is -2.21. The second-order valence-corrected chi connectivity index (χ2v) is 7.98. The lowest BCUT2D eigenvalue weighted by Gasteiger charge is -2.20. The van der Waals surface area contributed by atoms with Crippen LogP contribution in [0.2, 0.25) is 5.15 Å². The van der Waals surface area contributed by atoms with Crippen molar-refractivity contribution in [1.82, 2.24) is 4.57 Å². The second-order valence-electron chi connectivity index (χ2n) is 7.63. The number of benzene rings is 1. The summed E-state index contributed by atoms with van der Waals surface area (Å²) in [6.07, 6.45) is -1.27. The van der Waals surface area contributed by atoms with Crippen molar-refractivity contribution >= 4 is 40.4 Å². The number of fused-ring (bicyclic) bond motifs is 1. The number of para-hydroxylation sites is 1. The average molecular weight is 367 g/mol. The maximum Gasteiger partial charge on any atom is 0.420 e. The Morgan fingerprint density at radius 2 is 1.56 bits per heavy atom. The summed E-state index contributed by atoms with van der Waals surface area (Å²) in [6.45, 7) is 10.6. The van der Waals surface area contributed by atoms with Gasteiger partial charge in [0.05, 0.1) is 11.2 Å². The fourth-order valence-electron chi connectivity index (χ4n) is 2.22. The molecular formula is C18H23ClN2O4. The molecule has 0 aliphatic carbocycles. The number of ether oxygens (including phenoxy) is 2. The number of rotatable bonds is 1. The van der Waals surface area contributed by atoms with Crippen molar-refractivity contribution in [3.8, 4) is 0 Å². The van der Waals surface area contributed by atoms with Gasteiger partial charge in [-0.1, -0.05) is 29.8 Å². The van der Waals surface area contributed by atoms with Crippen molar-refractivity contribution in [1.29, 1.82) is 0 Å². The summed E-state index contributed by atoms with van der Waals surface area (Å²) in [5, 5.41) is 3.30. The number of nitrogens with zero attached hydrogens (tertiary/aromatic N) is 1. The van der Waals surface area contributed by atoms with Crippen molar-refractivity contribution in [2.24, 2.45) is 0 Å². The molecule has 1 aromatic carbocycles. The van der Waals surface area contributed by atoms with E-state index in [1.54, 1.807) is 65.8 Å². The monoisotopic (exact) mass is 366 g/mol. The molecule has 0 unspecified atom stereocenters. The predicted octanol–water partition coefficient (Wildman–Crippen LogP) is 5.42. The van der Waals surface area contributed by atoms with Gasteiger partial charge in [-0.05, 0) is 47.6 Å². The molecule has 6 nitrogen and oxygen atoms in total. The molecule has 1 aromatic heterocycles. The zero-order chi connectivity index (χ0) is 19.0. The van der Waals surface area contributed by atoms with Crippen LogP contribution in [0.25, 0.3) is 10.9 Å². The second kappa shape index (κ2) is 6.59. The minimum absolute atomic E-state index is 0.0568. The lowest BCUT2D eigenvalue weighted by Crippen LogP contribution is -2.28. The van der Waals surface area contributed by atoms with Gasteiger partial charge in [0.1, 0.15) is 16.4 Å². The Morgan fingerprint density at radius 3 is 2.12 bits per heavy atom. The van der Waals surface area contributed by atoms with Gasteiger partial charge in [-0.3, -0.25) is 5.32 Å². The topological polar surface area (TPSA) is 69.6 Å². The third-order valence-electron chi connectivity index (χ3n) is 3.02. The molecular weight excluding hydrogens is 344 g/mol. The zero-order valence-corrected chi connectivity index (χ0v) is 16.0. The Balaban J connectivity index is 2.47. The largest absolute Gasteiger partial charge is 0.444 e. The summed E-state index contributed by atoms with van der Waals surface area (Å²) in [7, 11) is 0. The van der Waals surface area contributed by atoms with Gasteiger partial charge in [-0.15, -0.1) is 0 Å². The van der Waals surface area contributed by atoms with Crippen LogP contribution in [0.4, 0.5) is 15.3 Å². The van der Waals surface area contributed by atoms with E-state index >= 15 is 0 Å². The molecule has 0 spiro atoms. The third kappa shape index (κ3) is 4.66. The van der Waals surface area contributed by atoms with Crippen LogP contribution in [0, 0.1) is 0 Å². The first-order valence-corrected chi connectivity index (χ1v) is 8.29. The maximum atomic E-state index is 12.5. The molecule has 136 valence electrons. The van der Waals surface area contributed by atoms with Gasteiger partial charge in [-0.2, -0.15) is 0 Å². The van der Waals surface area contributed by atoms with Crippen LogP contribution < -0.4 is 5.32 Å². The third-order valence-corrected chi connectivity index (χ3v) is 3.38. The smallest absolute Gasteiger partial charge is 0.420 e. The molecule has 0 fully saturated rings. The normalized spacial score (nSPS) is 12.1. The van der Waals surface area contributed by atoms with Gasteiger partial charge in [-0.25, -0.2) is 14.2 Å². The van der Waals surface area contributed by atoms with Crippen LogP contribution >= 0.6 is 11.6 Å². The van der Waals surface area contributed by atoms with Crippen LogP contribution in [0.3, 0.4) is 0 Å². The lowest BCUT2D eigenvalue weighted by molar-refractivity contribution is 0.0542. The molecule has 0 aliphatic rings. The molecule has 0 radical (unpaired) electrons. The highest BCUT2D eigenvalue weighted by Crippen LogP contribution is 2.35. The molecule has 1 heterocycles. The number of carbonyl (C=O) groups is 2. The number of nitrogens with one attached hydrogen (secondary N) is 1. The molecule has 0 aliphatic heterocycles. The van der Waals surface area contributed by atoms with Gasteiger partial charge < -0.3 is 9.47 Å². The van der Waals surface area contributed by atoms with E-state index in [9.17, 15) is 9.59 Å². The maximum absolute atomic E-state index is 12.5. The van der Waals surface area contributed by atoms with Gasteiger partial charge in [0.15, 0.2) is 0 Å². The molecule has 2 rings (SSSR count). The summed E-state index contributed by atoms with van der Waals surface area (Å²) < 4.78 is 11.9. The number of halogens is 1. The van der Waals surface area contributed by atoms with E-state index in [1.807, 2.05) is 0 Å². The van der Waals surface area contributed by atoms with Crippen LogP contribution in [-0.2, 0) is 9.47 Å². The van der Waals surface area contributed by atoms with E-state index in [0.717, 1.165) is 0 Å². The van der Waals surface area contributed by atoms with E-state index in [1.165, 1.54) is 4.57 Å². The fourth-order valence-corrected chi connectivity index (χ4v) is 2.53. The quantitative estimate of drug-likeness (QED) is 0.731. The molecule has 1 N–H and O–H groups in total. The number of hydrogen-bond donors (Lipinski definition) is 1. The Morgan fingerprint density at radius 1 is 1.00 bits per heavy atom. The fraction of sp³-hybridized carbons (Fsp3) is 0.444. The highest BCUT2D eigenvalue weighted by molar-refractivity contribution is 6.36. The summed E-state index contributed by atoms with van der Waals surface area (Å²) in [4.78, 5) is 24.6. The number of carbonyl (C=O) groups excluding carboxylic acids is 2. The van der Waals surface area contributed by atoms with E-state index in [-0.39, 0.29) is 5.15 Å². The van der Waals surface area contributed by atoms with Gasteiger partial charge in [0.25, 0.3) is 0 Å². The molecule has 0 atom stereocenters. The Kier molecular flexibility index (Phi) is 5.04. The van der Waals surface area contributed by atoms with Gasteiger partial charge >= 0.3 is 12.2 Å². The first-order chi connectivity index (χ1) is 11.4. The molecule has 2 aromatic rings. The van der Waals surface area contributed by atoms with E-state index in [4.69, 9.17) is 21.1 Å². The summed E-state index contributed by atoms with van der Waals surface area (Å²) in [5.74, 6) is 0. The number of amides is 1. The zero-order valence-electron chi connectivity index (χ0n) is 15.3. The minimum Gasteiger partial charge on any atom is -0.444 e. The predicted molar refractivity (Wildman–Crippen MR) is 98.4 cm³/mol. The van der Waals surface area contributed by atoms with E-state index in [0.29, 0.717) is 16.6 Å². The number of hydrogen-bond acceptors (Lipinski definition) is 4. The van der Waals surface area contributed by atoms with Crippen molar-refractivity contribution in [3.05, 3.63) is 29.4 Å². The molecule has 25 heavy (non-hydrogen) atoms. The standard InChI is InChI=1S/C18H23ClN2O4/c1-17(2,3)24-15(22)20-13-11-9-7-8-10-12(11)21(14(13)19)16(23)25-18(4,5)6/h7-10H,1-6H3,(H,20,22). The molecule has 0 bridgehead atoms. The first kappa shape index (κ1) is 19.1.